The van der Waals surface area contributed by atoms with Crippen LogP contribution in [-0.2, 0) is 16.1 Å². The quantitative estimate of drug-likeness (QED) is 0.718. The molecule has 0 bridgehead atoms. The highest BCUT2D eigenvalue weighted by Gasteiger charge is 2.28. The molecule has 2 rings (SSSR count). The fourth-order valence-electron chi connectivity index (χ4n) is 2.89. The molecule has 0 aliphatic heterocycles. The largest absolute Gasteiger partial charge is 0.481 e. The Morgan fingerprint density at radius 2 is 1.79 bits per heavy atom. The summed E-state index contributed by atoms with van der Waals surface area (Å²) in [6.45, 7) is 6.08. The van der Waals surface area contributed by atoms with E-state index in [9.17, 15) is 14.0 Å². The summed E-state index contributed by atoms with van der Waals surface area (Å²) in [7, 11) is 0. The first-order valence-corrected chi connectivity index (χ1v) is 9.46. The Kier molecular flexibility index (Phi) is 7.99. The van der Waals surface area contributed by atoms with Crippen LogP contribution in [0.25, 0.3) is 0 Å². The molecule has 0 saturated carbocycles. The van der Waals surface area contributed by atoms with Crippen LogP contribution in [0.3, 0.4) is 0 Å². The number of rotatable bonds is 9. The van der Waals surface area contributed by atoms with Crippen molar-refractivity contribution in [3.8, 4) is 5.75 Å². The van der Waals surface area contributed by atoms with Crippen LogP contribution in [0.1, 0.15) is 31.4 Å². The van der Waals surface area contributed by atoms with Crippen molar-refractivity contribution in [2.45, 2.75) is 39.8 Å². The molecule has 2 aromatic carbocycles. The van der Waals surface area contributed by atoms with Crippen LogP contribution < -0.4 is 10.1 Å². The number of benzene rings is 2. The lowest BCUT2D eigenvalue weighted by Crippen LogP contribution is -2.50. The van der Waals surface area contributed by atoms with Gasteiger partial charge in [0.1, 0.15) is 6.04 Å². The van der Waals surface area contributed by atoms with Gasteiger partial charge >= 0.3 is 0 Å². The van der Waals surface area contributed by atoms with Gasteiger partial charge in [0, 0.05) is 13.1 Å². The molecular weight excluding hydrogens is 359 g/mol. The van der Waals surface area contributed by atoms with Crippen LogP contribution in [0.5, 0.6) is 5.75 Å². The van der Waals surface area contributed by atoms with Crippen molar-refractivity contribution in [2.24, 2.45) is 0 Å². The molecule has 2 aromatic rings. The minimum absolute atomic E-state index is 0.0113. The third kappa shape index (κ3) is 5.81. The first-order chi connectivity index (χ1) is 13.5. The number of hydrogen-bond acceptors (Lipinski definition) is 3. The minimum atomic E-state index is -0.627. The molecule has 0 aliphatic rings. The average Bonchev–Trinajstić information content (AvgIpc) is 2.68. The number of nitrogens with zero attached hydrogens (tertiary/aromatic N) is 1. The highest BCUT2D eigenvalue weighted by molar-refractivity contribution is 5.88. The van der Waals surface area contributed by atoms with Crippen LogP contribution in [0.2, 0.25) is 0 Å². The molecule has 0 heterocycles. The van der Waals surface area contributed by atoms with Crippen molar-refractivity contribution in [3.05, 3.63) is 65.5 Å². The van der Waals surface area contributed by atoms with Gasteiger partial charge in [0.15, 0.2) is 18.2 Å². The molecule has 0 fully saturated rings. The predicted molar refractivity (Wildman–Crippen MR) is 106 cm³/mol. The predicted octanol–water partition coefficient (Wildman–Crippen LogP) is 3.46. The van der Waals surface area contributed by atoms with Gasteiger partial charge in [0.2, 0.25) is 5.91 Å². The van der Waals surface area contributed by atoms with E-state index in [1.54, 1.807) is 12.1 Å². The topological polar surface area (TPSA) is 58.6 Å². The average molecular weight is 386 g/mol. The zero-order valence-corrected chi connectivity index (χ0v) is 16.6. The molecule has 0 radical (unpaired) electrons. The molecule has 1 N–H and O–H groups in total. The van der Waals surface area contributed by atoms with Crippen molar-refractivity contribution in [3.63, 3.8) is 0 Å². The summed E-state index contributed by atoms with van der Waals surface area (Å²) < 4.78 is 19.1. The Hall–Kier alpha value is -2.89. The summed E-state index contributed by atoms with van der Waals surface area (Å²) in [5.41, 5.74) is 2.02. The van der Waals surface area contributed by atoms with E-state index in [1.165, 1.54) is 17.0 Å². The number of hydrogen-bond donors (Lipinski definition) is 1. The molecule has 1 unspecified atom stereocenters. The molecule has 6 heteroatoms. The molecular formula is C22H27FN2O3. The van der Waals surface area contributed by atoms with Crippen LogP contribution >= 0.6 is 0 Å². The smallest absolute Gasteiger partial charge is 0.261 e. The second kappa shape index (κ2) is 10.4. The molecule has 150 valence electrons. The third-order valence-corrected chi connectivity index (χ3v) is 4.40. The maximum absolute atomic E-state index is 13.8. The highest BCUT2D eigenvalue weighted by Crippen LogP contribution is 2.17. The second-order valence-corrected chi connectivity index (χ2v) is 6.54. The summed E-state index contributed by atoms with van der Waals surface area (Å²) in [4.78, 5) is 26.9. The number of ether oxygens (including phenoxy) is 1. The minimum Gasteiger partial charge on any atom is -0.481 e. The van der Waals surface area contributed by atoms with Gasteiger partial charge in [-0.05, 0) is 38.0 Å². The SMILES string of the molecule is CCNC(=O)C(CC)N(Cc1ccc(C)cc1)C(=O)COc1ccccc1F. The Morgan fingerprint density at radius 1 is 1.11 bits per heavy atom. The first-order valence-electron chi connectivity index (χ1n) is 9.46. The number of aryl methyl sites for hydroxylation is 1. The molecule has 5 nitrogen and oxygen atoms in total. The Balaban J connectivity index is 2.19. The van der Waals surface area contributed by atoms with E-state index >= 15 is 0 Å². The monoisotopic (exact) mass is 386 g/mol. The molecule has 0 spiro atoms. The van der Waals surface area contributed by atoms with Gasteiger partial charge < -0.3 is 15.0 Å². The zero-order valence-electron chi connectivity index (χ0n) is 16.6. The normalized spacial score (nSPS) is 11.6. The molecule has 2 amide bonds. The van der Waals surface area contributed by atoms with Crippen LogP contribution in [0.15, 0.2) is 48.5 Å². The number of halogens is 1. The lowest BCUT2D eigenvalue weighted by Gasteiger charge is -2.30. The van der Waals surface area contributed by atoms with E-state index in [0.29, 0.717) is 13.0 Å². The summed E-state index contributed by atoms with van der Waals surface area (Å²) in [5, 5.41) is 2.78. The van der Waals surface area contributed by atoms with Crippen molar-refractivity contribution in [1.29, 1.82) is 0 Å². The van der Waals surface area contributed by atoms with Crippen molar-refractivity contribution >= 4 is 11.8 Å². The van der Waals surface area contributed by atoms with Gasteiger partial charge in [0.05, 0.1) is 0 Å². The maximum atomic E-state index is 13.8. The van der Waals surface area contributed by atoms with Gasteiger partial charge in [-0.15, -0.1) is 0 Å². The van der Waals surface area contributed by atoms with E-state index in [1.807, 2.05) is 45.0 Å². The summed E-state index contributed by atoms with van der Waals surface area (Å²) in [6.07, 6.45) is 0.461. The van der Waals surface area contributed by atoms with Crippen LogP contribution in [-0.4, -0.2) is 35.9 Å². The number of carbonyl (C=O) groups is 2. The third-order valence-electron chi connectivity index (χ3n) is 4.40. The Labute approximate surface area is 165 Å². The zero-order chi connectivity index (χ0) is 20.5. The van der Waals surface area contributed by atoms with Gasteiger partial charge in [-0.1, -0.05) is 48.9 Å². The molecule has 0 aliphatic carbocycles. The van der Waals surface area contributed by atoms with Crippen molar-refractivity contribution in [1.82, 2.24) is 10.2 Å². The number of likely N-dealkylation sites (N-methyl/N-ethyl adjacent to an activating group) is 1. The Morgan fingerprint density at radius 3 is 2.39 bits per heavy atom. The highest BCUT2D eigenvalue weighted by atomic mass is 19.1. The standard InChI is InChI=1S/C22H27FN2O3/c1-4-19(22(27)24-5-2)25(14-17-12-10-16(3)11-13-17)21(26)15-28-20-9-7-6-8-18(20)23/h6-13,19H,4-5,14-15H2,1-3H3,(H,24,27). The lowest BCUT2D eigenvalue weighted by atomic mass is 10.1. The van der Waals surface area contributed by atoms with E-state index in [4.69, 9.17) is 4.74 Å². The Bertz CT molecular complexity index is 793. The second-order valence-electron chi connectivity index (χ2n) is 6.54. The first kappa shape index (κ1) is 21.4. The molecule has 28 heavy (non-hydrogen) atoms. The number of carbonyl (C=O) groups excluding carboxylic acids is 2. The lowest BCUT2D eigenvalue weighted by molar-refractivity contribution is -0.143. The fourth-order valence-corrected chi connectivity index (χ4v) is 2.89. The van der Waals surface area contributed by atoms with E-state index < -0.39 is 11.9 Å². The van der Waals surface area contributed by atoms with Crippen LogP contribution in [0.4, 0.5) is 4.39 Å². The number of para-hydroxylation sites is 1. The van der Waals surface area contributed by atoms with Gasteiger partial charge in [-0.2, -0.15) is 0 Å². The van der Waals surface area contributed by atoms with Crippen LogP contribution in [0, 0.1) is 12.7 Å². The summed E-state index contributed by atoms with van der Waals surface area (Å²) in [6, 6.07) is 13.1. The van der Waals surface area contributed by atoms with Crippen molar-refractivity contribution < 1.29 is 18.7 Å². The summed E-state index contributed by atoms with van der Waals surface area (Å²) >= 11 is 0. The fraction of sp³-hybridized carbons (Fsp3) is 0.364. The summed E-state index contributed by atoms with van der Waals surface area (Å²) in [5.74, 6) is -1.10. The van der Waals surface area contributed by atoms with Crippen molar-refractivity contribution in [2.75, 3.05) is 13.2 Å². The van der Waals surface area contributed by atoms with Gasteiger partial charge in [-0.3, -0.25) is 9.59 Å². The van der Waals surface area contributed by atoms with E-state index in [2.05, 4.69) is 5.32 Å². The van der Waals surface area contributed by atoms with E-state index in [-0.39, 0.29) is 30.7 Å². The number of amides is 2. The molecule has 0 saturated heterocycles. The molecule has 1 atom stereocenters. The number of nitrogens with one attached hydrogen (secondary N) is 1. The van der Waals surface area contributed by atoms with Gasteiger partial charge in [-0.25, -0.2) is 4.39 Å². The molecule has 0 aromatic heterocycles. The van der Waals surface area contributed by atoms with Gasteiger partial charge in [0.25, 0.3) is 5.91 Å². The maximum Gasteiger partial charge on any atom is 0.261 e. The van der Waals surface area contributed by atoms with E-state index in [0.717, 1.165) is 11.1 Å².